The number of esters is 1. The summed E-state index contributed by atoms with van der Waals surface area (Å²) in [6, 6.07) is 18.7. The molecule has 3 aromatic rings. The third-order valence-corrected chi connectivity index (χ3v) is 6.29. The summed E-state index contributed by atoms with van der Waals surface area (Å²) in [5.41, 5.74) is 2.36. The summed E-state index contributed by atoms with van der Waals surface area (Å²) in [6.07, 6.45) is 0.00729. The van der Waals surface area contributed by atoms with Gasteiger partial charge in [0.2, 0.25) is 11.8 Å². The van der Waals surface area contributed by atoms with E-state index in [0.717, 1.165) is 11.3 Å². The first-order valence-electron chi connectivity index (χ1n) is 13.0. The lowest BCUT2D eigenvalue weighted by atomic mass is 10.1. The molecular formula is C30H32N4O7. The van der Waals surface area contributed by atoms with Gasteiger partial charge in [-0.2, -0.15) is 0 Å². The summed E-state index contributed by atoms with van der Waals surface area (Å²) >= 11 is 0. The van der Waals surface area contributed by atoms with Crippen molar-refractivity contribution < 1.29 is 33.4 Å². The Morgan fingerprint density at radius 1 is 1.00 bits per heavy atom. The Morgan fingerprint density at radius 3 is 2.51 bits per heavy atom. The lowest BCUT2D eigenvalue weighted by molar-refractivity contribution is -0.140. The Morgan fingerprint density at radius 2 is 1.78 bits per heavy atom. The average Bonchev–Trinajstić information content (AvgIpc) is 3.07. The Balaban J connectivity index is 1.59. The fourth-order valence-electron chi connectivity index (χ4n) is 4.12. The SMILES string of the molecule is COC(=O)CC[C@H]1NC(=O)c2cc(Oc3cccc(N(C)C)c3)c(NC(=O)COCc3ccccc3)cc2NC1=O. The summed E-state index contributed by atoms with van der Waals surface area (Å²) in [4.78, 5) is 52.4. The second kappa shape index (κ2) is 13.4. The first-order valence-corrected chi connectivity index (χ1v) is 13.0. The molecule has 0 spiro atoms. The van der Waals surface area contributed by atoms with Gasteiger partial charge in [0.1, 0.15) is 18.4 Å². The highest BCUT2D eigenvalue weighted by atomic mass is 16.5. The van der Waals surface area contributed by atoms with Crippen LogP contribution in [0.3, 0.4) is 0 Å². The standard InChI is InChI=1S/C30H32N4O7/c1-34(2)20-10-7-11-21(14-20)41-26-15-22-24(33-30(38)23(32-29(22)37)12-13-28(36)39-3)16-25(26)31-27(35)18-40-17-19-8-5-4-6-9-19/h4-11,14-16,23H,12-13,17-18H2,1-3H3,(H,31,35)(H,32,37)(H,33,38)/t23-/m1/s1. The Labute approximate surface area is 237 Å². The smallest absolute Gasteiger partial charge is 0.305 e. The molecule has 1 aliphatic heterocycles. The van der Waals surface area contributed by atoms with Crippen LogP contribution in [-0.2, 0) is 30.5 Å². The van der Waals surface area contributed by atoms with E-state index in [0.29, 0.717) is 5.75 Å². The summed E-state index contributed by atoms with van der Waals surface area (Å²) in [7, 11) is 5.04. The summed E-state index contributed by atoms with van der Waals surface area (Å²) in [5.74, 6) is -1.33. The van der Waals surface area contributed by atoms with Crippen LogP contribution in [0.15, 0.2) is 66.7 Å². The normalized spacial score (nSPS) is 14.2. The van der Waals surface area contributed by atoms with E-state index in [4.69, 9.17) is 9.47 Å². The van der Waals surface area contributed by atoms with E-state index in [-0.39, 0.29) is 48.7 Å². The summed E-state index contributed by atoms with van der Waals surface area (Å²) < 4.78 is 16.3. The molecule has 4 rings (SSSR count). The molecule has 11 nitrogen and oxygen atoms in total. The van der Waals surface area contributed by atoms with Crippen LogP contribution in [0.4, 0.5) is 17.1 Å². The Bertz CT molecular complexity index is 1430. The largest absolute Gasteiger partial charge is 0.469 e. The quantitative estimate of drug-likeness (QED) is 0.302. The van der Waals surface area contributed by atoms with Crippen molar-refractivity contribution in [1.29, 1.82) is 0 Å². The van der Waals surface area contributed by atoms with Crippen molar-refractivity contribution in [1.82, 2.24) is 5.32 Å². The van der Waals surface area contributed by atoms with Gasteiger partial charge < -0.3 is 35.1 Å². The fourth-order valence-corrected chi connectivity index (χ4v) is 4.12. The number of benzene rings is 3. The van der Waals surface area contributed by atoms with E-state index in [1.54, 1.807) is 6.07 Å². The van der Waals surface area contributed by atoms with Gasteiger partial charge in [-0.05, 0) is 36.2 Å². The van der Waals surface area contributed by atoms with Crippen molar-refractivity contribution in [3.05, 3.63) is 77.9 Å². The van der Waals surface area contributed by atoms with Gasteiger partial charge in [-0.1, -0.05) is 36.4 Å². The molecule has 3 aromatic carbocycles. The second-order valence-corrected chi connectivity index (χ2v) is 9.54. The van der Waals surface area contributed by atoms with Gasteiger partial charge in [0.25, 0.3) is 5.91 Å². The molecule has 11 heteroatoms. The lowest BCUT2D eigenvalue weighted by Crippen LogP contribution is -2.41. The second-order valence-electron chi connectivity index (χ2n) is 9.54. The van der Waals surface area contributed by atoms with Gasteiger partial charge in [0, 0.05) is 32.3 Å². The third kappa shape index (κ3) is 7.83. The molecule has 0 aromatic heterocycles. The number of nitrogens with zero attached hydrogens (tertiary/aromatic N) is 1. The molecule has 214 valence electrons. The number of hydrogen-bond donors (Lipinski definition) is 3. The minimum atomic E-state index is -0.959. The molecule has 1 heterocycles. The van der Waals surface area contributed by atoms with Crippen LogP contribution in [0.1, 0.15) is 28.8 Å². The molecule has 0 bridgehead atoms. The number of carbonyl (C=O) groups is 4. The van der Waals surface area contributed by atoms with Gasteiger partial charge in [-0.25, -0.2) is 0 Å². The van der Waals surface area contributed by atoms with Gasteiger partial charge >= 0.3 is 5.97 Å². The zero-order valence-electron chi connectivity index (χ0n) is 23.1. The summed E-state index contributed by atoms with van der Waals surface area (Å²) in [6.45, 7) is 0.0201. The lowest BCUT2D eigenvalue weighted by Gasteiger charge is -2.17. The number of nitrogens with one attached hydrogen (secondary N) is 3. The molecule has 1 aliphatic rings. The van der Waals surface area contributed by atoms with Gasteiger partial charge in [-0.3, -0.25) is 19.2 Å². The molecule has 1 atom stereocenters. The number of hydrogen-bond acceptors (Lipinski definition) is 8. The number of ether oxygens (including phenoxy) is 3. The van der Waals surface area contributed by atoms with Crippen molar-refractivity contribution in [3.63, 3.8) is 0 Å². The Kier molecular flexibility index (Phi) is 9.54. The van der Waals surface area contributed by atoms with Gasteiger partial charge in [0.15, 0.2) is 5.75 Å². The molecule has 0 radical (unpaired) electrons. The monoisotopic (exact) mass is 560 g/mol. The van der Waals surface area contributed by atoms with E-state index in [1.165, 1.54) is 19.2 Å². The third-order valence-electron chi connectivity index (χ3n) is 6.29. The van der Waals surface area contributed by atoms with E-state index < -0.39 is 29.7 Å². The zero-order chi connectivity index (χ0) is 29.4. The molecule has 3 N–H and O–H groups in total. The molecule has 0 saturated carbocycles. The minimum absolute atomic E-state index is 0.0495. The van der Waals surface area contributed by atoms with E-state index in [9.17, 15) is 19.2 Å². The van der Waals surface area contributed by atoms with E-state index in [2.05, 4.69) is 20.7 Å². The molecule has 0 saturated heterocycles. The van der Waals surface area contributed by atoms with Gasteiger partial charge in [0.05, 0.1) is 30.7 Å². The molecule has 41 heavy (non-hydrogen) atoms. The van der Waals surface area contributed by atoms with Crippen molar-refractivity contribution >= 4 is 40.8 Å². The molecule has 0 unspecified atom stereocenters. The van der Waals surface area contributed by atoms with Crippen LogP contribution in [0.5, 0.6) is 11.5 Å². The minimum Gasteiger partial charge on any atom is -0.469 e. The van der Waals surface area contributed by atoms with Crippen LogP contribution < -0.4 is 25.6 Å². The highest BCUT2D eigenvalue weighted by molar-refractivity contribution is 6.11. The predicted molar refractivity (Wildman–Crippen MR) is 153 cm³/mol. The maximum Gasteiger partial charge on any atom is 0.305 e. The molecular weight excluding hydrogens is 528 g/mol. The highest BCUT2D eigenvalue weighted by Gasteiger charge is 2.30. The van der Waals surface area contributed by atoms with Crippen molar-refractivity contribution in [2.45, 2.75) is 25.5 Å². The number of anilines is 3. The van der Waals surface area contributed by atoms with E-state index in [1.807, 2.05) is 67.5 Å². The average molecular weight is 561 g/mol. The Hall–Kier alpha value is -4.90. The predicted octanol–water partition coefficient (Wildman–Crippen LogP) is 3.70. The van der Waals surface area contributed by atoms with Crippen LogP contribution in [-0.4, -0.2) is 57.5 Å². The first kappa shape index (κ1) is 29.1. The van der Waals surface area contributed by atoms with Crippen molar-refractivity contribution in [2.24, 2.45) is 0 Å². The van der Waals surface area contributed by atoms with Gasteiger partial charge in [-0.15, -0.1) is 0 Å². The summed E-state index contributed by atoms with van der Waals surface area (Å²) in [5, 5.41) is 8.14. The number of amides is 3. The maximum absolute atomic E-state index is 13.1. The molecule has 3 amide bonds. The fraction of sp³-hybridized carbons (Fsp3) is 0.267. The van der Waals surface area contributed by atoms with Crippen LogP contribution in [0.25, 0.3) is 0 Å². The number of carbonyl (C=O) groups excluding carboxylic acids is 4. The van der Waals surface area contributed by atoms with Crippen molar-refractivity contribution in [2.75, 3.05) is 43.3 Å². The number of rotatable bonds is 11. The maximum atomic E-state index is 13.1. The first-order chi connectivity index (χ1) is 19.7. The molecule has 0 fully saturated rings. The highest BCUT2D eigenvalue weighted by Crippen LogP contribution is 2.37. The molecule has 0 aliphatic carbocycles. The number of fused-ring (bicyclic) bond motifs is 1. The van der Waals surface area contributed by atoms with Crippen LogP contribution in [0.2, 0.25) is 0 Å². The van der Waals surface area contributed by atoms with Crippen molar-refractivity contribution in [3.8, 4) is 11.5 Å². The van der Waals surface area contributed by atoms with E-state index >= 15 is 0 Å². The van der Waals surface area contributed by atoms with Crippen LogP contribution in [0, 0.1) is 0 Å². The zero-order valence-corrected chi connectivity index (χ0v) is 23.1. The number of methoxy groups -OCH3 is 1. The topological polar surface area (TPSA) is 135 Å². The van der Waals surface area contributed by atoms with Crippen LogP contribution >= 0.6 is 0 Å².